The predicted molar refractivity (Wildman–Crippen MR) is 111 cm³/mol. The van der Waals surface area contributed by atoms with Crippen LogP contribution in [0.4, 0.5) is 11.1 Å². The summed E-state index contributed by atoms with van der Waals surface area (Å²) in [5.74, 6) is -0.463. The first kappa shape index (κ1) is 19.5. The van der Waals surface area contributed by atoms with E-state index >= 15 is 0 Å². The van der Waals surface area contributed by atoms with Gasteiger partial charge in [-0.2, -0.15) is 0 Å². The fraction of sp³-hybridized carbons (Fsp3) is 0.200. The van der Waals surface area contributed by atoms with Crippen molar-refractivity contribution in [3.63, 3.8) is 0 Å². The number of aromatic amines is 1. The van der Waals surface area contributed by atoms with Crippen molar-refractivity contribution in [3.05, 3.63) is 59.8 Å². The summed E-state index contributed by atoms with van der Waals surface area (Å²) in [6.07, 6.45) is 5.48. The molecule has 0 aliphatic heterocycles. The Morgan fingerprint density at radius 1 is 1.29 bits per heavy atom. The molecule has 28 heavy (non-hydrogen) atoms. The molecule has 0 spiro atoms. The van der Waals surface area contributed by atoms with Crippen LogP contribution < -0.4 is 10.6 Å². The molecule has 3 N–H and O–H groups in total. The van der Waals surface area contributed by atoms with Gasteiger partial charge in [0.1, 0.15) is 0 Å². The van der Waals surface area contributed by atoms with Gasteiger partial charge < -0.3 is 10.3 Å². The molecule has 8 heteroatoms. The maximum atomic E-state index is 12.6. The second-order valence-corrected chi connectivity index (χ2v) is 7.28. The zero-order chi connectivity index (χ0) is 20.1. The molecule has 0 radical (unpaired) electrons. The summed E-state index contributed by atoms with van der Waals surface area (Å²) in [5, 5.41) is 6.07. The number of anilines is 2. The third-order valence-electron chi connectivity index (χ3n) is 4.23. The number of carbonyl (C=O) groups is 2. The van der Waals surface area contributed by atoms with E-state index in [1.807, 2.05) is 31.2 Å². The van der Waals surface area contributed by atoms with Gasteiger partial charge in [-0.3, -0.25) is 14.9 Å². The number of aryl methyl sites for hydroxylation is 1. The number of hydrogen-bond acceptors (Lipinski definition) is 5. The number of H-pyrrole nitrogens is 1. The van der Waals surface area contributed by atoms with E-state index in [0.717, 1.165) is 28.1 Å². The number of benzene rings is 1. The lowest BCUT2D eigenvalue weighted by atomic mass is 9.97. The van der Waals surface area contributed by atoms with Crippen molar-refractivity contribution in [2.24, 2.45) is 0 Å². The first-order valence-corrected chi connectivity index (χ1v) is 9.66. The maximum Gasteiger partial charge on any atom is 0.250 e. The summed E-state index contributed by atoms with van der Waals surface area (Å²) in [6, 6.07) is 7.63. The first-order chi connectivity index (χ1) is 13.5. The van der Waals surface area contributed by atoms with Crippen molar-refractivity contribution >= 4 is 34.2 Å². The van der Waals surface area contributed by atoms with E-state index in [2.05, 4.69) is 39.1 Å². The third-order valence-corrected chi connectivity index (χ3v) is 5.28. The number of carbonyl (C=O) groups excluding carboxylic acids is 2. The average Bonchev–Trinajstić information content (AvgIpc) is 3.36. The molecule has 3 aromatic rings. The minimum absolute atomic E-state index is 0.113. The Balaban J connectivity index is 1.74. The van der Waals surface area contributed by atoms with Gasteiger partial charge in [-0.05, 0) is 36.6 Å². The van der Waals surface area contributed by atoms with E-state index in [-0.39, 0.29) is 17.7 Å². The van der Waals surface area contributed by atoms with Gasteiger partial charge in [-0.15, -0.1) is 11.3 Å². The van der Waals surface area contributed by atoms with Crippen LogP contribution in [0, 0.1) is 0 Å². The fourth-order valence-corrected chi connectivity index (χ4v) is 3.32. The third kappa shape index (κ3) is 4.52. The molecule has 2 aromatic heterocycles. The number of nitrogens with one attached hydrogen (secondary N) is 3. The van der Waals surface area contributed by atoms with E-state index < -0.39 is 0 Å². The monoisotopic (exact) mass is 395 g/mol. The zero-order valence-electron chi connectivity index (χ0n) is 15.7. The number of imidazole rings is 1. The highest BCUT2D eigenvalue weighted by Gasteiger charge is 2.17. The van der Waals surface area contributed by atoms with Crippen molar-refractivity contribution < 1.29 is 9.59 Å². The van der Waals surface area contributed by atoms with Crippen LogP contribution in [-0.4, -0.2) is 26.8 Å². The van der Waals surface area contributed by atoms with Gasteiger partial charge in [0, 0.05) is 11.1 Å². The van der Waals surface area contributed by atoms with Crippen LogP contribution in [0.3, 0.4) is 0 Å². The Hall–Kier alpha value is -3.26. The molecule has 0 bridgehead atoms. The molecule has 1 unspecified atom stereocenters. The molecule has 144 valence electrons. The molecule has 0 fully saturated rings. The summed E-state index contributed by atoms with van der Waals surface area (Å²) in [4.78, 5) is 36.5. The maximum absolute atomic E-state index is 12.6. The molecule has 0 saturated carbocycles. The van der Waals surface area contributed by atoms with Crippen LogP contribution >= 0.6 is 11.3 Å². The highest BCUT2D eigenvalue weighted by atomic mass is 32.1. The summed E-state index contributed by atoms with van der Waals surface area (Å²) >= 11 is 1.49. The van der Waals surface area contributed by atoms with Crippen LogP contribution in [0.1, 0.15) is 30.2 Å². The zero-order valence-corrected chi connectivity index (χ0v) is 16.5. The van der Waals surface area contributed by atoms with Gasteiger partial charge in [0.25, 0.3) is 0 Å². The standard InChI is InChI=1S/C20H21N5O2S/c1-4-15-10-22-20(28-15)25-18(27)12(3)13-7-6-8-14(9-13)16-11-21-19(23-16)24-17(26)5-2/h5-12H,2,4H2,1,3H3,(H,22,25,27)(H2,21,23,24,26). The van der Waals surface area contributed by atoms with Crippen molar-refractivity contribution in [3.8, 4) is 11.3 Å². The molecular weight excluding hydrogens is 374 g/mol. The number of nitrogens with zero attached hydrogens (tertiary/aromatic N) is 2. The number of aromatic nitrogens is 3. The Bertz CT molecular complexity index is 1010. The Morgan fingerprint density at radius 2 is 2.11 bits per heavy atom. The fourth-order valence-electron chi connectivity index (χ4n) is 2.57. The largest absolute Gasteiger partial charge is 0.324 e. The lowest BCUT2D eigenvalue weighted by Crippen LogP contribution is -2.18. The molecule has 1 atom stereocenters. The predicted octanol–water partition coefficient (Wildman–Crippen LogP) is 3.96. The first-order valence-electron chi connectivity index (χ1n) is 8.84. The summed E-state index contributed by atoms with van der Waals surface area (Å²) in [7, 11) is 0. The van der Waals surface area contributed by atoms with Crippen LogP contribution in [0.2, 0.25) is 0 Å². The SMILES string of the molecule is C=CC(=O)Nc1ncc(-c2cccc(C(C)C(=O)Nc3ncc(CC)s3)c2)[nH]1. The highest BCUT2D eigenvalue weighted by molar-refractivity contribution is 7.15. The Morgan fingerprint density at radius 3 is 2.82 bits per heavy atom. The van der Waals surface area contributed by atoms with Crippen molar-refractivity contribution in [2.45, 2.75) is 26.2 Å². The van der Waals surface area contributed by atoms with E-state index in [0.29, 0.717) is 11.1 Å². The van der Waals surface area contributed by atoms with Crippen LogP contribution in [-0.2, 0) is 16.0 Å². The molecule has 0 aliphatic carbocycles. The van der Waals surface area contributed by atoms with E-state index in [1.165, 1.54) is 17.4 Å². The molecule has 7 nitrogen and oxygen atoms in total. The van der Waals surface area contributed by atoms with Crippen LogP contribution in [0.25, 0.3) is 11.3 Å². The van der Waals surface area contributed by atoms with Crippen molar-refractivity contribution in [1.82, 2.24) is 15.0 Å². The van der Waals surface area contributed by atoms with Gasteiger partial charge in [0.15, 0.2) is 5.13 Å². The normalized spacial score (nSPS) is 11.6. The number of rotatable bonds is 7. The summed E-state index contributed by atoms with van der Waals surface area (Å²) in [5.41, 5.74) is 2.47. The minimum atomic E-state index is -0.350. The molecule has 3 rings (SSSR count). The Labute approximate surface area is 166 Å². The van der Waals surface area contributed by atoms with Gasteiger partial charge in [-0.25, -0.2) is 9.97 Å². The number of hydrogen-bond donors (Lipinski definition) is 3. The molecule has 0 aliphatic rings. The smallest absolute Gasteiger partial charge is 0.250 e. The van der Waals surface area contributed by atoms with E-state index in [9.17, 15) is 9.59 Å². The van der Waals surface area contributed by atoms with Crippen molar-refractivity contribution in [2.75, 3.05) is 10.6 Å². The van der Waals surface area contributed by atoms with Crippen molar-refractivity contribution in [1.29, 1.82) is 0 Å². The lowest BCUT2D eigenvalue weighted by Gasteiger charge is -2.12. The van der Waals surface area contributed by atoms with E-state index in [1.54, 1.807) is 12.4 Å². The van der Waals surface area contributed by atoms with Crippen LogP contribution in [0.15, 0.2) is 49.3 Å². The van der Waals surface area contributed by atoms with Gasteiger partial charge in [-0.1, -0.05) is 31.7 Å². The van der Waals surface area contributed by atoms with Gasteiger partial charge >= 0.3 is 0 Å². The minimum Gasteiger partial charge on any atom is -0.324 e. The van der Waals surface area contributed by atoms with Gasteiger partial charge in [0.2, 0.25) is 17.8 Å². The highest BCUT2D eigenvalue weighted by Crippen LogP contribution is 2.26. The number of amides is 2. The molecule has 0 saturated heterocycles. The molecule has 2 amide bonds. The molecular formula is C20H21N5O2S. The quantitative estimate of drug-likeness (QED) is 0.527. The molecule has 2 heterocycles. The van der Waals surface area contributed by atoms with E-state index in [4.69, 9.17) is 0 Å². The number of thiazole rings is 1. The topological polar surface area (TPSA) is 99.8 Å². The van der Waals surface area contributed by atoms with Gasteiger partial charge in [0.05, 0.1) is 17.8 Å². The second-order valence-electron chi connectivity index (χ2n) is 6.16. The summed E-state index contributed by atoms with van der Waals surface area (Å²) in [6.45, 7) is 7.32. The summed E-state index contributed by atoms with van der Waals surface area (Å²) < 4.78 is 0. The molecule has 1 aromatic carbocycles. The average molecular weight is 395 g/mol. The Kier molecular flexibility index (Phi) is 6.00. The van der Waals surface area contributed by atoms with Crippen LogP contribution in [0.5, 0.6) is 0 Å². The lowest BCUT2D eigenvalue weighted by molar-refractivity contribution is -0.117. The second kappa shape index (κ2) is 8.62.